The number of likely N-dealkylation sites (tertiary alicyclic amines) is 1. The van der Waals surface area contributed by atoms with Crippen LogP contribution in [0.2, 0.25) is 0 Å². The number of ketones is 1. The quantitative estimate of drug-likeness (QED) is 0.288. The van der Waals surface area contributed by atoms with Crippen LogP contribution in [0.5, 0.6) is 0 Å². The third-order valence-electron chi connectivity index (χ3n) is 5.98. The summed E-state index contributed by atoms with van der Waals surface area (Å²) >= 11 is 1.42. The fourth-order valence-corrected chi connectivity index (χ4v) is 4.91. The SMILES string of the molecule is Cc1ccc(C(C)(C)C)cc1/C(O)=C1\C(=O)C(=O)N(Cc2ccc(F)cc2)C1c1cccs1. The van der Waals surface area contributed by atoms with Gasteiger partial charge in [-0.3, -0.25) is 9.59 Å². The summed E-state index contributed by atoms with van der Waals surface area (Å²) in [5.41, 5.74) is 3.01. The Hall–Kier alpha value is -3.25. The summed E-state index contributed by atoms with van der Waals surface area (Å²) in [4.78, 5) is 28.5. The van der Waals surface area contributed by atoms with Gasteiger partial charge in [0.15, 0.2) is 0 Å². The molecule has 1 aromatic heterocycles. The van der Waals surface area contributed by atoms with Crippen molar-refractivity contribution in [2.24, 2.45) is 0 Å². The number of aryl methyl sites for hydroxylation is 1. The molecule has 1 saturated heterocycles. The zero-order chi connectivity index (χ0) is 23.9. The van der Waals surface area contributed by atoms with E-state index in [9.17, 15) is 19.1 Å². The van der Waals surface area contributed by atoms with Crippen LogP contribution in [0.1, 0.15) is 53.9 Å². The predicted molar refractivity (Wildman–Crippen MR) is 128 cm³/mol. The van der Waals surface area contributed by atoms with Crippen LogP contribution < -0.4 is 0 Å². The number of rotatable bonds is 4. The fraction of sp³-hybridized carbons (Fsp3) is 0.259. The minimum Gasteiger partial charge on any atom is -0.507 e. The highest BCUT2D eigenvalue weighted by molar-refractivity contribution is 7.10. The number of nitrogens with zero attached hydrogens (tertiary/aromatic N) is 1. The molecule has 4 rings (SSSR count). The predicted octanol–water partition coefficient (Wildman–Crippen LogP) is 6.12. The maximum absolute atomic E-state index is 13.4. The van der Waals surface area contributed by atoms with Crippen LogP contribution in [0.3, 0.4) is 0 Å². The maximum Gasteiger partial charge on any atom is 0.295 e. The highest BCUT2D eigenvalue weighted by Crippen LogP contribution is 2.42. The van der Waals surface area contributed by atoms with Crippen molar-refractivity contribution in [3.8, 4) is 0 Å². The van der Waals surface area contributed by atoms with Gasteiger partial charge in [0.1, 0.15) is 11.6 Å². The Bertz CT molecular complexity index is 1240. The maximum atomic E-state index is 13.4. The molecule has 1 aliphatic heterocycles. The van der Waals surface area contributed by atoms with Gasteiger partial charge in [0.05, 0.1) is 11.6 Å². The molecule has 0 radical (unpaired) electrons. The lowest BCUT2D eigenvalue weighted by Crippen LogP contribution is -2.28. The molecule has 2 aromatic carbocycles. The largest absolute Gasteiger partial charge is 0.507 e. The van der Waals surface area contributed by atoms with E-state index in [0.29, 0.717) is 11.1 Å². The van der Waals surface area contributed by atoms with E-state index >= 15 is 0 Å². The van der Waals surface area contributed by atoms with Crippen molar-refractivity contribution in [2.45, 2.75) is 45.7 Å². The lowest BCUT2D eigenvalue weighted by Gasteiger charge is -2.25. The summed E-state index contributed by atoms with van der Waals surface area (Å²) in [6, 6.07) is 14.7. The second-order valence-electron chi connectivity index (χ2n) is 9.35. The topological polar surface area (TPSA) is 57.6 Å². The smallest absolute Gasteiger partial charge is 0.295 e. The molecule has 1 aliphatic rings. The van der Waals surface area contributed by atoms with Gasteiger partial charge in [-0.2, -0.15) is 0 Å². The Morgan fingerprint density at radius 1 is 1.09 bits per heavy atom. The average Bonchev–Trinajstić information content (AvgIpc) is 3.37. The van der Waals surface area contributed by atoms with Gasteiger partial charge in [-0.15, -0.1) is 11.3 Å². The number of benzene rings is 2. The van der Waals surface area contributed by atoms with Crippen molar-refractivity contribution in [3.63, 3.8) is 0 Å². The number of aliphatic hydroxyl groups excluding tert-OH is 1. The monoisotopic (exact) mass is 463 g/mol. The van der Waals surface area contributed by atoms with E-state index in [1.807, 2.05) is 42.6 Å². The van der Waals surface area contributed by atoms with Crippen molar-refractivity contribution in [2.75, 3.05) is 0 Å². The third-order valence-corrected chi connectivity index (χ3v) is 6.90. The van der Waals surface area contributed by atoms with E-state index in [4.69, 9.17) is 0 Å². The van der Waals surface area contributed by atoms with Gasteiger partial charge in [-0.25, -0.2) is 4.39 Å². The number of thiophene rings is 1. The summed E-state index contributed by atoms with van der Waals surface area (Å²) < 4.78 is 13.4. The summed E-state index contributed by atoms with van der Waals surface area (Å²) in [5, 5.41) is 13.3. The van der Waals surface area contributed by atoms with Crippen molar-refractivity contribution < 1.29 is 19.1 Å². The van der Waals surface area contributed by atoms with Gasteiger partial charge in [-0.05, 0) is 58.7 Å². The van der Waals surface area contributed by atoms with Crippen LogP contribution in [-0.2, 0) is 21.5 Å². The molecule has 170 valence electrons. The van der Waals surface area contributed by atoms with Gasteiger partial charge in [0.2, 0.25) is 0 Å². The molecular formula is C27H26FNO3S. The molecule has 6 heteroatoms. The second kappa shape index (κ2) is 8.60. The minimum atomic E-state index is -0.715. The first-order valence-electron chi connectivity index (χ1n) is 10.8. The first kappa shape index (κ1) is 22.9. The number of halogens is 1. The molecule has 0 saturated carbocycles. The summed E-state index contributed by atoms with van der Waals surface area (Å²) in [5.74, 6) is -1.93. The third kappa shape index (κ3) is 4.35. The second-order valence-corrected chi connectivity index (χ2v) is 10.3. The molecule has 0 spiro atoms. The number of carbonyl (C=O) groups is 2. The van der Waals surface area contributed by atoms with E-state index in [-0.39, 0.29) is 29.1 Å². The van der Waals surface area contributed by atoms with Crippen molar-refractivity contribution in [3.05, 3.63) is 98.5 Å². The Labute approximate surface area is 197 Å². The van der Waals surface area contributed by atoms with Crippen molar-refractivity contribution in [1.82, 2.24) is 4.90 Å². The van der Waals surface area contributed by atoms with Gasteiger partial charge in [0, 0.05) is 17.0 Å². The molecule has 33 heavy (non-hydrogen) atoms. The lowest BCUT2D eigenvalue weighted by molar-refractivity contribution is -0.140. The average molecular weight is 464 g/mol. The number of hydrogen-bond donors (Lipinski definition) is 1. The Balaban J connectivity index is 1.86. The number of hydrogen-bond acceptors (Lipinski definition) is 4. The van der Waals surface area contributed by atoms with Crippen LogP contribution in [0.4, 0.5) is 4.39 Å². The van der Waals surface area contributed by atoms with Crippen LogP contribution in [0, 0.1) is 12.7 Å². The van der Waals surface area contributed by atoms with Gasteiger partial charge in [0.25, 0.3) is 11.7 Å². The van der Waals surface area contributed by atoms with Gasteiger partial charge in [-0.1, -0.05) is 51.1 Å². The van der Waals surface area contributed by atoms with Crippen LogP contribution in [-0.4, -0.2) is 21.7 Å². The first-order chi connectivity index (χ1) is 15.6. The molecule has 1 N–H and O–H groups in total. The Morgan fingerprint density at radius 2 is 1.79 bits per heavy atom. The van der Waals surface area contributed by atoms with Crippen LogP contribution >= 0.6 is 11.3 Å². The molecule has 1 atom stereocenters. The van der Waals surface area contributed by atoms with E-state index in [0.717, 1.165) is 16.0 Å². The molecule has 0 bridgehead atoms. The Kier molecular flexibility index (Phi) is 5.97. The van der Waals surface area contributed by atoms with Gasteiger partial charge >= 0.3 is 0 Å². The first-order valence-corrected chi connectivity index (χ1v) is 11.6. The molecule has 3 aromatic rings. The molecule has 2 heterocycles. The van der Waals surface area contributed by atoms with Crippen LogP contribution in [0.15, 0.2) is 65.6 Å². The molecule has 1 amide bonds. The molecular weight excluding hydrogens is 437 g/mol. The van der Waals surface area contributed by atoms with E-state index in [1.165, 1.54) is 28.4 Å². The lowest BCUT2D eigenvalue weighted by atomic mass is 9.84. The van der Waals surface area contributed by atoms with Crippen LogP contribution in [0.25, 0.3) is 5.76 Å². The van der Waals surface area contributed by atoms with E-state index < -0.39 is 17.7 Å². The zero-order valence-corrected chi connectivity index (χ0v) is 19.9. The number of carbonyl (C=O) groups excluding carboxylic acids is 2. The number of aliphatic hydroxyl groups is 1. The summed E-state index contributed by atoms with van der Waals surface area (Å²) in [7, 11) is 0. The highest BCUT2D eigenvalue weighted by Gasteiger charge is 2.46. The Morgan fingerprint density at radius 3 is 2.39 bits per heavy atom. The molecule has 1 unspecified atom stereocenters. The van der Waals surface area contributed by atoms with Crippen molar-refractivity contribution >= 4 is 28.8 Å². The summed E-state index contributed by atoms with van der Waals surface area (Å²) in [6.07, 6.45) is 0. The summed E-state index contributed by atoms with van der Waals surface area (Å²) in [6.45, 7) is 8.24. The molecule has 1 fully saturated rings. The highest BCUT2D eigenvalue weighted by atomic mass is 32.1. The minimum absolute atomic E-state index is 0.0821. The standard InChI is InChI=1S/C27H26FNO3S/c1-16-7-10-18(27(2,3)4)14-20(16)24(30)22-23(21-6-5-13-33-21)29(26(32)25(22)31)15-17-8-11-19(28)12-9-17/h5-14,23,30H,15H2,1-4H3/b24-22+. The van der Waals surface area contributed by atoms with Crippen molar-refractivity contribution in [1.29, 1.82) is 0 Å². The fourth-order valence-electron chi connectivity index (χ4n) is 4.06. The number of amides is 1. The normalized spacial score (nSPS) is 18.2. The number of Topliss-reactive ketones (excluding diaryl/α,β-unsaturated/α-hetero) is 1. The van der Waals surface area contributed by atoms with E-state index in [1.54, 1.807) is 12.1 Å². The molecule has 4 nitrogen and oxygen atoms in total. The van der Waals surface area contributed by atoms with E-state index in [2.05, 4.69) is 20.8 Å². The molecule has 0 aliphatic carbocycles. The van der Waals surface area contributed by atoms with Gasteiger partial charge < -0.3 is 10.0 Å². The zero-order valence-electron chi connectivity index (χ0n) is 19.1.